The Morgan fingerprint density at radius 3 is 2.78 bits per heavy atom. The van der Waals surface area contributed by atoms with Crippen molar-refractivity contribution < 1.29 is 9.59 Å². The number of carbonyl (C=O) groups excluding carboxylic acids is 2. The van der Waals surface area contributed by atoms with Crippen LogP contribution in [-0.2, 0) is 9.59 Å². The van der Waals surface area contributed by atoms with Crippen LogP contribution in [0.4, 0.5) is 5.69 Å². The van der Waals surface area contributed by atoms with Crippen molar-refractivity contribution in [3.63, 3.8) is 0 Å². The zero-order valence-electron chi connectivity index (χ0n) is 13.1. The van der Waals surface area contributed by atoms with E-state index in [4.69, 9.17) is 11.6 Å². The van der Waals surface area contributed by atoms with E-state index in [0.29, 0.717) is 30.4 Å². The summed E-state index contributed by atoms with van der Waals surface area (Å²) in [6.45, 7) is 4.46. The summed E-state index contributed by atoms with van der Waals surface area (Å²) in [6.07, 6.45) is 0.648. The number of carbonyl (C=O) groups is 2. The summed E-state index contributed by atoms with van der Waals surface area (Å²) in [6, 6.07) is 9.17. The molecule has 23 heavy (non-hydrogen) atoms. The summed E-state index contributed by atoms with van der Waals surface area (Å²) in [5, 5.41) is 4.14. The third-order valence-electron chi connectivity index (χ3n) is 4.40. The molecule has 1 aliphatic heterocycles. The number of hydrogen-bond acceptors (Lipinski definition) is 3. The Bertz CT molecular complexity index is 793. The van der Waals surface area contributed by atoms with Gasteiger partial charge in [0.1, 0.15) is 5.15 Å². The Hall–Kier alpha value is -2.14. The molecular formula is C17H18ClN3O2. The van der Waals surface area contributed by atoms with Crippen molar-refractivity contribution >= 4 is 40.0 Å². The molecule has 120 valence electrons. The number of fused-ring (bicyclic) bond motifs is 1. The number of hydrogen-bond donors (Lipinski definition) is 1. The third-order valence-corrected chi connectivity index (χ3v) is 4.59. The van der Waals surface area contributed by atoms with Gasteiger partial charge < -0.3 is 10.2 Å². The first-order chi connectivity index (χ1) is 10.9. The molecule has 1 aromatic carbocycles. The minimum Gasteiger partial charge on any atom is -0.342 e. The van der Waals surface area contributed by atoms with Gasteiger partial charge in [-0.05, 0) is 25.5 Å². The van der Waals surface area contributed by atoms with Gasteiger partial charge in [-0.25, -0.2) is 4.98 Å². The lowest BCUT2D eigenvalue weighted by molar-refractivity contribution is -0.129. The summed E-state index contributed by atoms with van der Waals surface area (Å²) in [7, 11) is 0. The molecule has 0 radical (unpaired) electrons. The maximum absolute atomic E-state index is 12.7. The largest absolute Gasteiger partial charge is 0.342 e. The predicted molar refractivity (Wildman–Crippen MR) is 90.4 cm³/mol. The first-order valence-electron chi connectivity index (χ1n) is 7.51. The van der Waals surface area contributed by atoms with Gasteiger partial charge in [-0.3, -0.25) is 9.59 Å². The number of para-hydroxylation sites is 1. The monoisotopic (exact) mass is 331 g/mol. The van der Waals surface area contributed by atoms with Gasteiger partial charge in [-0.15, -0.1) is 0 Å². The van der Waals surface area contributed by atoms with Gasteiger partial charge in [0, 0.05) is 25.4 Å². The Balaban J connectivity index is 1.88. The SMILES string of the molecule is CC(=O)N1CCC(C)(C(=O)Nc2cc(Cl)nc3ccccc23)C1. The van der Waals surface area contributed by atoms with Crippen LogP contribution in [0.15, 0.2) is 30.3 Å². The number of amides is 2. The van der Waals surface area contributed by atoms with Crippen molar-refractivity contribution in [2.75, 3.05) is 18.4 Å². The zero-order chi connectivity index (χ0) is 16.6. The number of pyridine rings is 1. The quantitative estimate of drug-likeness (QED) is 0.860. The summed E-state index contributed by atoms with van der Waals surface area (Å²) >= 11 is 6.05. The van der Waals surface area contributed by atoms with Crippen LogP contribution in [0.1, 0.15) is 20.3 Å². The zero-order valence-corrected chi connectivity index (χ0v) is 13.9. The molecule has 1 aromatic heterocycles. The molecule has 1 aliphatic rings. The van der Waals surface area contributed by atoms with Crippen LogP contribution in [0.3, 0.4) is 0 Å². The summed E-state index contributed by atoms with van der Waals surface area (Å²) in [5.41, 5.74) is 0.785. The molecule has 0 saturated carbocycles. The lowest BCUT2D eigenvalue weighted by atomic mass is 9.88. The topological polar surface area (TPSA) is 62.3 Å². The first kappa shape index (κ1) is 15.7. The molecule has 2 amide bonds. The summed E-state index contributed by atoms with van der Waals surface area (Å²) in [5.74, 6) is -0.104. The van der Waals surface area contributed by atoms with Crippen LogP contribution in [0.25, 0.3) is 10.9 Å². The fourth-order valence-electron chi connectivity index (χ4n) is 2.93. The van der Waals surface area contributed by atoms with E-state index in [1.54, 1.807) is 11.0 Å². The van der Waals surface area contributed by atoms with Crippen LogP contribution >= 0.6 is 11.6 Å². The fraction of sp³-hybridized carbons (Fsp3) is 0.353. The number of anilines is 1. The summed E-state index contributed by atoms with van der Waals surface area (Å²) < 4.78 is 0. The van der Waals surface area contributed by atoms with E-state index in [9.17, 15) is 9.59 Å². The van der Waals surface area contributed by atoms with Gasteiger partial charge in [0.05, 0.1) is 16.6 Å². The number of aromatic nitrogens is 1. The number of halogens is 1. The number of nitrogens with one attached hydrogen (secondary N) is 1. The average molecular weight is 332 g/mol. The smallest absolute Gasteiger partial charge is 0.232 e. The molecule has 2 aromatic rings. The van der Waals surface area contributed by atoms with E-state index in [0.717, 1.165) is 10.9 Å². The fourth-order valence-corrected chi connectivity index (χ4v) is 3.14. The molecule has 1 unspecified atom stereocenters. The molecule has 1 atom stereocenters. The highest BCUT2D eigenvalue weighted by molar-refractivity contribution is 6.30. The van der Waals surface area contributed by atoms with Crippen molar-refractivity contribution in [1.29, 1.82) is 0 Å². The van der Waals surface area contributed by atoms with E-state index >= 15 is 0 Å². The van der Waals surface area contributed by atoms with E-state index in [2.05, 4.69) is 10.3 Å². The Kier molecular flexibility index (Phi) is 3.98. The standard InChI is InChI=1S/C17H18ClN3O2/c1-11(22)21-8-7-17(2,10-21)16(23)20-14-9-15(18)19-13-6-4-3-5-12(13)14/h3-6,9H,7-8,10H2,1-2H3,(H,19,20,23). The average Bonchev–Trinajstić information content (AvgIpc) is 2.91. The molecule has 0 spiro atoms. The van der Waals surface area contributed by atoms with Crippen LogP contribution < -0.4 is 5.32 Å². The Labute approximate surface area is 139 Å². The van der Waals surface area contributed by atoms with Crippen molar-refractivity contribution in [3.8, 4) is 0 Å². The molecule has 3 rings (SSSR count). The Morgan fingerprint density at radius 1 is 1.35 bits per heavy atom. The third kappa shape index (κ3) is 3.01. The predicted octanol–water partition coefficient (Wildman–Crippen LogP) is 3.09. The molecule has 1 fully saturated rings. The maximum atomic E-state index is 12.7. The van der Waals surface area contributed by atoms with Gasteiger partial charge in [-0.1, -0.05) is 29.8 Å². The highest BCUT2D eigenvalue weighted by Gasteiger charge is 2.41. The summed E-state index contributed by atoms with van der Waals surface area (Å²) in [4.78, 5) is 30.2. The molecule has 0 bridgehead atoms. The van der Waals surface area contributed by atoms with Gasteiger partial charge in [-0.2, -0.15) is 0 Å². The van der Waals surface area contributed by atoms with Gasteiger partial charge in [0.25, 0.3) is 0 Å². The van der Waals surface area contributed by atoms with Crippen LogP contribution in [0.2, 0.25) is 5.15 Å². The molecule has 6 heteroatoms. The van der Waals surface area contributed by atoms with Crippen molar-refractivity contribution in [3.05, 3.63) is 35.5 Å². The second-order valence-electron chi connectivity index (χ2n) is 6.22. The molecule has 5 nitrogen and oxygen atoms in total. The van der Waals surface area contributed by atoms with E-state index in [1.165, 1.54) is 6.92 Å². The number of rotatable bonds is 2. The number of benzene rings is 1. The van der Waals surface area contributed by atoms with Crippen LogP contribution in [0, 0.1) is 5.41 Å². The van der Waals surface area contributed by atoms with E-state index in [1.807, 2.05) is 31.2 Å². The molecule has 1 saturated heterocycles. The number of nitrogens with zero attached hydrogens (tertiary/aromatic N) is 2. The normalized spacial score (nSPS) is 20.7. The van der Waals surface area contributed by atoms with Crippen molar-refractivity contribution in [2.45, 2.75) is 20.3 Å². The van der Waals surface area contributed by atoms with Crippen molar-refractivity contribution in [1.82, 2.24) is 9.88 Å². The molecule has 1 N–H and O–H groups in total. The lowest BCUT2D eigenvalue weighted by Crippen LogP contribution is -2.37. The number of likely N-dealkylation sites (tertiary alicyclic amines) is 1. The molecule has 2 heterocycles. The second kappa shape index (κ2) is 5.81. The minimum atomic E-state index is -0.595. The second-order valence-corrected chi connectivity index (χ2v) is 6.60. The molecule has 0 aliphatic carbocycles. The van der Waals surface area contributed by atoms with E-state index < -0.39 is 5.41 Å². The van der Waals surface area contributed by atoms with Crippen LogP contribution in [-0.4, -0.2) is 34.8 Å². The van der Waals surface area contributed by atoms with Crippen molar-refractivity contribution in [2.24, 2.45) is 5.41 Å². The first-order valence-corrected chi connectivity index (χ1v) is 7.89. The van der Waals surface area contributed by atoms with Gasteiger partial charge in [0.15, 0.2) is 0 Å². The highest BCUT2D eigenvalue weighted by atomic mass is 35.5. The maximum Gasteiger partial charge on any atom is 0.232 e. The minimum absolute atomic E-state index is 0.000990. The Morgan fingerprint density at radius 2 is 2.09 bits per heavy atom. The van der Waals surface area contributed by atoms with Gasteiger partial charge in [0.2, 0.25) is 11.8 Å². The lowest BCUT2D eigenvalue weighted by Gasteiger charge is -2.23. The van der Waals surface area contributed by atoms with Crippen LogP contribution in [0.5, 0.6) is 0 Å². The molecular weight excluding hydrogens is 314 g/mol. The van der Waals surface area contributed by atoms with E-state index in [-0.39, 0.29) is 11.8 Å². The van der Waals surface area contributed by atoms with Gasteiger partial charge >= 0.3 is 0 Å². The highest BCUT2D eigenvalue weighted by Crippen LogP contribution is 2.33.